The lowest BCUT2D eigenvalue weighted by atomic mass is 9.77. The molecule has 0 atom stereocenters. The number of unbranched alkanes of at least 4 members (excludes halogenated alkanes) is 2. The molecule has 3 rings (SSSR count). The van der Waals surface area contributed by atoms with E-state index < -0.39 is 19.7 Å². The molecule has 0 spiro atoms. The molecule has 0 radical (unpaired) electrons. The van der Waals surface area contributed by atoms with Gasteiger partial charge in [-0.2, -0.15) is 0 Å². The van der Waals surface area contributed by atoms with Gasteiger partial charge in [0.05, 0.1) is 8.07 Å². The Labute approximate surface area is 172 Å². The van der Waals surface area contributed by atoms with E-state index in [1.165, 1.54) is 101 Å². The fourth-order valence-electron chi connectivity index (χ4n) is 5.73. The van der Waals surface area contributed by atoms with Crippen molar-refractivity contribution in [3.05, 3.63) is 29.8 Å². The van der Waals surface area contributed by atoms with Crippen LogP contribution in [0.3, 0.4) is 0 Å². The zero-order valence-corrected chi connectivity index (χ0v) is 19.1. The van der Waals surface area contributed by atoms with Crippen molar-refractivity contribution in [2.75, 3.05) is 0 Å². The molecule has 1 saturated heterocycles. The maximum Gasteiger partial charge on any atom is 0.158 e. The van der Waals surface area contributed by atoms with Crippen LogP contribution in [0.15, 0.2) is 18.2 Å². The molecule has 1 saturated carbocycles. The lowest BCUT2D eigenvalue weighted by Gasteiger charge is -2.37. The van der Waals surface area contributed by atoms with Gasteiger partial charge in [0, 0.05) is 0 Å². The summed E-state index contributed by atoms with van der Waals surface area (Å²) >= 11 is 0. The third-order valence-electron chi connectivity index (χ3n) is 7.99. The van der Waals surface area contributed by atoms with E-state index in [9.17, 15) is 8.78 Å². The van der Waals surface area contributed by atoms with Gasteiger partial charge < -0.3 is 0 Å². The summed E-state index contributed by atoms with van der Waals surface area (Å²) in [6.45, 7) is 4.67. The molecule has 2 fully saturated rings. The zero-order chi connectivity index (χ0) is 20.0. The summed E-state index contributed by atoms with van der Waals surface area (Å²) in [6, 6.07) is 7.15. The highest BCUT2D eigenvalue weighted by atomic mass is 28.3. The molecule has 0 N–H and O–H groups in total. The molecule has 158 valence electrons. The standard InChI is InChI=1S/C25H40F2Si/c1-3-4-5-6-20-7-9-21(10-8-20)11-12-22-15-17-28(2,18-16-22)23-13-14-24(26)25(27)19-23/h13-14,19-22H,3-12,15-18H2,1-2H3. The Balaban J connectivity index is 1.37. The predicted molar refractivity (Wildman–Crippen MR) is 119 cm³/mol. The SMILES string of the molecule is CCCCCC1CCC(CCC2CC[Si](C)(c3ccc(F)c(F)c3)CC2)CC1. The first-order valence-corrected chi connectivity index (χ1v) is 14.9. The lowest BCUT2D eigenvalue weighted by molar-refractivity contribution is 0.234. The van der Waals surface area contributed by atoms with Crippen LogP contribution in [0.2, 0.25) is 18.6 Å². The Hall–Kier alpha value is -0.703. The maximum atomic E-state index is 13.7. The van der Waals surface area contributed by atoms with Crippen molar-refractivity contribution in [3.8, 4) is 0 Å². The van der Waals surface area contributed by atoms with Crippen molar-refractivity contribution in [2.24, 2.45) is 17.8 Å². The van der Waals surface area contributed by atoms with Crippen LogP contribution in [0, 0.1) is 29.4 Å². The van der Waals surface area contributed by atoms with Crippen LogP contribution >= 0.6 is 0 Å². The second-order valence-corrected chi connectivity index (χ2v) is 14.8. The van der Waals surface area contributed by atoms with E-state index >= 15 is 0 Å². The van der Waals surface area contributed by atoms with Gasteiger partial charge in [0.15, 0.2) is 11.6 Å². The third-order valence-corrected chi connectivity index (χ3v) is 12.5. The summed E-state index contributed by atoms with van der Waals surface area (Å²) in [5, 5.41) is 1.12. The average molecular weight is 407 g/mol. The van der Waals surface area contributed by atoms with Crippen LogP contribution in [0.25, 0.3) is 0 Å². The molecule has 0 unspecified atom stereocenters. The van der Waals surface area contributed by atoms with Gasteiger partial charge in [-0.25, -0.2) is 8.78 Å². The molecule has 1 heterocycles. The van der Waals surface area contributed by atoms with E-state index in [4.69, 9.17) is 0 Å². The first kappa shape index (κ1) is 22.0. The number of hydrogen-bond acceptors (Lipinski definition) is 0. The van der Waals surface area contributed by atoms with Crippen molar-refractivity contribution in [2.45, 2.75) is 103 Å². The fraction of sp³-hybridized carbons (Fsp3) is 0.760. The number of benzene rings is 1. The van der Waals surface area contributed by atoms with Gasteiger partial charge in [-0.15, -0.1) is 0 Å². The maximum absolute atomic E-state index is 13.7. The lowest BCUT2D eigenvalue weighted by Crippen LogP contribution is -2.47. The summed E-state index contributed by atoms with van der Waals surface area (Å²) in [5.41, 5.74) is 0. The molecule has 0 bridgehead atoms. The first-order valence-electron chi connectivity index (χ1n) is 12.0. The Morgan fingerprint density at radius 2 is 1.36 bits per heavy atom. The monoisotopic (exact) mass is 406 g/mol. The molecule has 0 amide bonds. The van der Waals surface area contributed by atoms with Crippen LogP contribution in [0.1, 0.15) is 84.0 Å². The molecule has 1 aliphatic carbocycles. The Morgan fingerprint density at radius 3 is 1.93 bits per heavy atom. The Morgan fingerprint density at radius 1 is 0.786 bits per heavy atom. The van der Waals surface area contributed by atoms with Crippen LogP contribution in [-0.2, 0) is 0 Å². The largest absolute Gasteiger partial charge is 0.204 e. The summed E-state index contributed by atoms with van der Waals surface area (Å²) in [6.07, 6.45) is 17.0. The van der Waals surface area contributed by atoms with Crippen LogP contribution in [0.5, 0.6) is 0 Å². The van der Waals surface area contributed by atoms with Gasteiger partial charge in [0.1, 0.15) is 0 Å². The molecule has 1 aliphatic heterocycles. The highest BCUT2D eigenvalue weighted by molar-refractivity contribution is 6.91. The highest BCUT2D eigenvalue weighted by Gasteiger charge is 2.35. The van der Waals surface area contributed by atoms with Gasteiger partial charge >= 0.3 is 0 Å². The van der Waals surface area contributed by atoms with E-state index in [1.54, 1.807) is 0 Å². The van der Waals surface area contributed by atoms with Crippen LogP contribution in [0.4, 0.5) is 8.78 Å². The minimum absolute atomic E-state index is 0.668. The third kappa shape index (κ3) is 5.90. The summed E-state index contributed by atoms with van der Waals surface area (Å²) < 4.78 is 26.9. The van der Waals surface area contributed by atoms with E-state index in [2.05, 4.69) is 13.5 Å². The predicted octanol–water partition coefficient (Wildman–Crippen LogP) is 7.83. The highest BCUT2D eigenvalue weighted by Crippen LogP contribution is 2.39. The van der Waals surface area contributed by atoms with Gasteiger partial charge in [-0.1, -0.05) is 114 Å². The van der Waals surface area contributed by atoms with E-state index in [1.807, 2.05) is 6.07 Å². The van der Waals surface area contributed by atoms with Crippen LogP contribution in [-0.4, -0.2) is 8.07 Å². The summed E-state index contributed by atoms with van der Waals surface area (Å²) in [5.74, 6) is 1.47. The van der Waals surface area contributed by atoms with Crippen molar-refractivity contribution in [3.63, 3.8) is 0 Å². The molecular formula is C25H40F2Si. The van der Waals surface area contributed by atoms with Crippen molar-refractivity contribution in [1.29, 1.82) is 0 Å². The second kappa shape index (κ2) is 10.4. The minimum atomic E-state index is -1.61. The molecule has 0 nitrogen and oxygen atoms in total. The van der Waals surface area contributed by atoms with Crippen LogP contribution < -0.4 is 5.19 Å². The molecule has 28 heavy (non-hydrogen) atoms. The molecule has 0 aromatic heterocycles. The van der Waals surface area contributed by atoms with Crippen molar-refractivity contribution in [1.82, 2.24) is 0 Å². The van der Waals surface area contributed by atoms with Gasteiger partial charge in [-0.05, 0) is 29.9 Å². The molecule has 1 aromatic carbocycles. The number of hydrogen-bond donors (Lipinski definition) is 0. The summed E-state index contributed by atoms with van der Waals surface area (Å²) in [7, 11) is -1.61. The smallest absolute Gasteiger partial charge is 0.158 e. The van der Waals surface area contributed by atoms with Gasteiger partial charge in [-0.3, -0.25) is 0 Å². The molecule has 1 aromatic rings. The van der Waals surface area contributed by atoms with Crippen molar-refractivity contribution >= 4 is 13.3 Å². The Kier molecular flexibility index (Phi) is 8.14. The average Bonchev–Trinajstić information content (AvgIpc) is 2.71. The fourth-order valence-corrected chi connectivity index (χ4v) is 9.61. The molecule has 3 heteroatoms. The Bertz CT molecular complexity index is 599. The number of rotatable bonds is 8. The normalized spacial score (nSPS) is 31.1. The zero-order valence-electron chi connectivity index (χ0n) is 18.1. The van der Waals surface area contributed by atoms with E-state index in [0.717, 1.165) is 22.9 Å². The molecular weight excluding hydrogens is 366 g/mol. The number of halogens is 2. The van der Waals surface area contributed by atoms with E-state index in [-0.39, 0.29) is 0 Å². The van der Waals surface area contributed by atoms with Gasteiger partial charge in [0.2, 0.25) is 0 Å². The second-order valence-electron chi connectivity index (χ2n) is 10.1. The van der Waals surface area contributed by atoms with Gasteiger partial charge in [0.25, 0.3) is 0 Å². The topological polar surface area (TPSA) is 0 Å². The van der Waals surface area contributed by atoms with E-state index in [0.29, 0.717) is 0 Å². The molecule has 2 aliphatic rings. The quantitative estimate of drug-likeness (QED) is 0.305. The first-order chi connectivity index (χ1) is 13.5. The minimum Gasteiger partial charge on any atom is -0.204 e. The summed E-state index contributed by atoms with van der Waals surface area (Å²) in [4.78, 5) is 0. The van der Waals surface area contributed by atoms with Crippen molar-refractivity contribution < 1.29 is 8.78 Å².